The number of nitrogens with zero attached hydrogens (tertiary/aromatic N) is 3. The van der Waals surface area contributed by atoms with Gasteiger partial charge in [0, 0.05) is 24.6 Å². The van der Waals surface area contributed by atoms with E-state index in [9.17, 15) is 0 Å². The summed E-state index contributed by atoms with van der Waals surface area (Å²) in [4.78, 5) is 0. The zero-order valence-electron chi connectivity index (χ0n) is 13.0. The third kappa shape index (κ3) is 3.56. The van der Waals surface area contributed by atoms with Crippen molar-refractivity contribution >= 4 is 0 Å². The van der Waals surface area contributed by atoms with Gasteiger partial charge in [0.2, 0.25) is 0 Å². The van der Waals surface area contributed by atoms with Crippen LogP contribution < -0.4 is 5.32 Å². The van der Waals surface area contributed by atoms with Gasteiger partial charge in [-0.1, -0.05) is 26.2 Å². The maximum atomic E-state index is 4.81. The molecule has 2 heterocycles. The van der Waals surface area contributed by atoms with E-state index in [1.54, 1.807) is 0 Å². The second-order valence-electron chi connectivity index (χ2n) is 5.99. The normalized spacial score (nSPS) is 16.4. The Bertz CT molecular complexity index is 549. The van der Waals surface area contributed by atoms with Crippen LogP contribution in [0.2, 0.25) is 0 Å². The molecule has 0 amide bonds. The molecular weight excluding hydrogens is 260 g/mol. The summed E-state index contributed by atoms with van der Waals surface area (Å²) < 4.78 is 4.48. The molecule has 114 valence electrons. The first-order valence-corrected chi connectivity index (χ1v) is 8.25. The molecule has 0 aromatic carbocycles. The number of rotatable bonds is 6. The average molecular weight is 286 g/mol. The molecule has 1 aliphatic rings. The maximum Gasteiger partial charge on any atom is 0.0821 e. The molecule has 0 radical (unpaired) electrons. The highest BCUT2D eigenvalue weighted by atomic mass is 15.3. The van der Waals surface area contributed by atoms with Crippen molar-refractivity contribution in [1.82, 2.24) is 19.7 Å². The van der Waals surface area contributed by atoms with Crippen LogP contribution in [0.1, 0.15) is 56.5 Å². The summed E-state index contributed by atoms with van der Waals surface area (Å²) in [6, 6.07) is 7.09. The summed E-state index contributed by atoms with van der Waals surface area (Å²) in [5, 5.41) is 8.19. The molecule has 1 N–H and O–H groups in total. The smallest absolute Gasteiger partial charge is 0.0821 e. The number of aromatic nitrogens is 3. The van der Waals surface area contributed by atoms with Crippen molar-refractivity contribution in [3.8, 4) is 0 Å². The largest absolute Gasteiger partial charge is 0.344 e. The summed E-state index contributed by atoms with van der Waals surface area (Å²) in [6.45, 7) is 4.93. The Morgan fingerprint density at radius 2 is 2.05 bits per heavy atom. The van der Waals surface area contributed by atoms with E-state index in [1.807, 2.05) is 0 Å². The number of nitrogens with one attached hydrogen (secondary N) is 1. The molecule has 4 heteroatoms. The van der Waals surface area contributed by atoms with E-state index < -0.39 is 0 Å². The quantitative estimate of drug-likeness (QED) is 0.884. The minimum absolute atomic E-state index is 0.624. The van der Waals surface area contributed by atoms with Crippen LogP contribution in [0, 0.1) is 0 Å². The summed E-state index contributed by atoms with van der Waals surface area (Å²) in [5.41, 5.74) is 2.48. The van der Waals surface area contributed by atoms with Crippen molar-refractivity contribution in [2.24, 2.45) is 0 Å². The highest BCUT2D eigenvalue weighted by molar-refractivity contribution is 5.10. The Balaban J connectivity index is 1.65. The van der Waals surface area contributed by atoms with Gasteiger partial charge in [-0.2, -0.15) is 5.10 Å². The van der Waals surface area contributed by atoms with Crippen LogP contribution in [0.4, 0.5) is 0 Å². The van der Waals surface area contributed by atoms with E-state index in [0.29, 0.717) is 6.04 Å². The Hall–Kier alpha value is -1.55. The van der Waals surface area contributed by atoms with Gasteiger partial charge in [0.1, 0.15) is 0 Å². The van der Waals surface area contributed by atoms with Gasteiger partial charge in [0.05, 0.1) is 18.3 Å². The lowest BCUT2D eigenvalue weighted by Gasteiger charge is -2.21. The van der Waals surface area contributed by atoms with Crippen molar-refractivity contribution in [2.75, 3.05) is 6.54 Å². The van der Waals surface area contributed by atoms with Crippen molar-refractivity contribution in [1.29, 1.82) is 0 Å². The molecule has 1 saturated carbocycles. The third-order valence-corrected chi connectivity index (χ3v) is 4.42. The topological polar surface area (TPSA) is 34.8 Å². The van der Waals surface area contributed by atoms with Gasteiger partial charge >= 0.3 is 0 Å². The van der Waals surface area contributed by atoms with E-state index in [-0.39, 0.29) is 0 Å². The lowest BCUT2D eigenvalue weighted by Crippen LogP contribution is -2.16. The summed E-state index contributed by atoms with van der Waals surface area (Å²) in [6.07, 6.45) is 11.0. The second-order valence-corrected chi connectivity index (χ2v) is 5.99. The fourth-order valence-electron chi connectivity index (χ4n) is 3.20. The summed E-state index contributed by atoms with van der Waals surface area (Å²) >= 11 is 0. The monoisotopic (exact) mass is 286 g/mol. The van der Waals surface area contributed by atoms with Crippen LogP contribution in [0.15, 0.2) is 30.6 Å². The number of hydrogen-bond acceptors (Lipinski definition) is 2. The average Bonchev–Trinajstić information content (AvgIpc) is 3.16. The first-order valence-electron chi connectivity index (χ1n) is 8.25. The van der Waals surface area contributed by atoms with Gasteiger partial charge in [-0.05, 0) is 37.6 Å². The zero-order valence-corrected chi connectivity index (χ0v) is 13.0. The lowest BCUT2D eigenvalue weighted by molar-refractivity contribution is 0.328. The Morgan fingerprint density at radius 1 is 1.19 bits per heavy atom. The molecule has 0 bridgehead atoms. The van der Waals surface area contributed by atoms with Crippen LogP contribution in [0.5, 0.6) is 0 Å². The Labute approximate surface area is 127 Å². The highest BCUT2D eigenvalue weighted by Gasteiger charge is 2.16. The van der Waals surface area contributed by atoms with Gasteiger partial charge in [-0.3, -0.25) is 4.68 Å². The molecule has 1 aliphatic carbocycles. The van der Waals surface area contributed by atoms with Crippen LogP contribution in [0.25, 0.3) is 0 Å². The van der Waals surface area contributed by atoms with Crippen LogP contribution in [-0.4, -0.2) is 20.9 Å². The predicted octanol–water partition coefficient (Wildman–Crippen LogP) is 3.35. The van der Waals surface area contributed by atoms with Crippen LogP contribution in [0.3, 0.4) is 0 Å². The van der Waals surface area contributed by atoms with E-state index in [1.165, 1.54) is 37.8 Å². The van der Waals surface area contributed by atoms with Crippen LogP contribution >= 0.6 is 0 Å². The van der Waals surface area contributed by atoms with Crippen molar-refractivity contribution in [2.45, 2.75) is 58.2 Å². The molecule has 2 aromatic rings. The summed E-state index contributed by atoms with van der Waals surface area (Å²) in [5.74, 6) is 0. The Morgan fingerprint density at radius 3 is 2.86 bits per heavy atom. The Kier molecular flexibility index (Phi) is 4.76. The maximum absolute atomic E-state index is 4.81. The SMILES string of the molecule is CCNCc1cccn1Cc1ccn(C2CCCCC2)n1. The molecule has 3 rings (SSSR count). The highest BCUT2D eigenvalue weighted by Crippen LogP contribution is 2.27. The van der Waals surface area contributed by atoms with Gasteiger partial charge < -0.3 is 9.88 Å². The predicted molar refractivity (Wildman–Crippen MR) is 85.3 cm³/mol. The van der Waals surface area contributed by atoms with Gasteiger partial charge in [-0.15, -0.1) is 0 Å². The molecular formula is C17H26N4. The zero-order chi connectivity index (χ0) is 14.5. The minimum atomic E-state index is 0.624. The number of hydrogen-bond donors (Lipinski definition) is 1. The molecule has 2 aromatic heterocycles. The molecule has 0 unspecified atom stereocenters. The fourth-order valence-corrected chi connectivity index (χ4v) is 3.20. The first-order chi connectivity index (χ1) is 10.4. The van der Waals surface area contributed by atoms with Crippen molar-refractivity contribution in [3.05, 3.63) is 42.0 Å². The molecule has 0 atom stereocenters. The summed E-state index contributed by atoms with van der Waals surface area (Å²) in [7, 11) is 0. The molecule has 0 saturated heterocycles. The lowest BCUT2D eigenvalue weighted by atomic mass is 9.96. The van der Waals surface area contributed by atoms with Gasteiger partial charge in [0.15, 0.2) is 0 Å². The second kappa shape index (κ2) is 6.94. The van der Waals surface area contributed by atoms with E-state index >= 15 is 0 Å². The molecule has 0 spiro atoms. The van der Waals surface area contributed by atoms with Crippen molar-refractivity contribution in [3.63, 3.8) is 0 Å². The van der Waals surface area contributed by atoms with Crippen LogP contribution in [-0.2, 0) is 13.1 Å². The molecule has 4 nitrogen and oxygen atoms in total. The first kappa shape index (κ1) is 14.4. The fraction of sp³-hybridized carbons (Fsp3) is 0.588. The van der Waals surface area contributed by atoms with E-state index in [2.05, 4.69) is 52.1 Å². The molecule has 1 fully saturated rings. The standard InChI is InChI=1S/C17H26N4/c1-2-18-13-17-9-6-11-20(17)14-15-10-12-21(19-15)16-7-4-3-5-8-16/h6,9-12,16,18H,2-5,7-8,13-14H2,1H3. The van der Waals surface area contributed by atoms with E-state index in [4.69, 9.17) is 5.10 Å². The van der Waals surface area contributed by atoms with E-state index in [0.717, 1.165) is 25.3 Å². The molecule has 0 aliphatic heterocycles. The van der Waals surface area contributed by atoms with Gasteiger partial charge in [-0.25, -0.2) is 0 Å². The van der Waals surface area contributed by atoms with Gasteiger partial charge in [0.25, 0.3) is 0 Å². The third-order valence-electron chi connectivity index (χ3n) is 4.42. The minimum Gasteiger partial charge on any atom is -0.344 e. The van der Waals surface area contributed by atoms with Crippen molar-refractivity contribution < 1.29 is 0 Å². The molecule has 21 heavy (non-hydrogen) atoms.